The first-order chi connectivity index (χ1) is 16.9. The van der Waals surface area contributed by atoms with Crippen molar-refractivity contribution in [2.24, 2.45) is 0 Å². The molecule has 5 rings (SSSR count). The second-order valence-electron chi connectivity index (χ2n) is 8.54. The van der Waals surface area contributed by atoms with E-state index in [1.807, 2.05) is 23.5 Å². The van der Waals surface area contributed by atoms with Gasteiger partial charge in [0, 0.05) is 0 Å². The van der Waals surface area contributed by atoms with Crippen LogP contribution in [0.15, 0.2) is 60.9 Å². The van der Waals surface area contributed by atoms with Crippen LogP contribution in [0.1, 0.15) is 28.8 Å². The summed E-state index contributed by atoms with van der Waals surface area (Å²) in [4.78, 5) is 17.0. The molecule has 1 fully saturated rings. The first-order valence-corrected chi connectivity index (χ1v) is 13.8. The van der Waals surface area contributed by atoms with Crippen LogP contribution in [0.25, 0.3) is 16.9 Å². The predicted octanol–water partition coefficient (Wildman–Crippen LogP) is 4.88. The van der Waals surface area contributed by atoms with Gasteiger partial charge >= 0.3 is 207 Å². The van der Waals surface area contributed by atoms with Crippen molar-refractivity contribution in [1.29, 1.82) is 0 Å². The molecule has 1 aliphatic rings. The van der Waals surface area contributed by atoms with Crippen LogP contribution >= 0.6 is 0 Å². The van der Waals surface area contributed by atoms with Crippen molar-refractivity contribution in [3.05, 3.63) is 77.9 Å². The Morgan fingerprint density at radius 1 is 1.20 bits per heavy atom. The number of ether oxygens (including phenoxy) is 1. The molecule has 5 nitrogen and oxygen atoms in total. The van der Waals surface area contributed by atoms with Gasteiger partial charge < -0.3 is 0 Å². The summed E-state index contributed by atoms with van der Waals surface area (Å²) in [5, 5.41) is 2.81. The van der Waals surface area contributed by atoms with Crippen molar-refractivity contribution in [2.75, 3.05) is 0 Å². The second-order valence-corrected chi connectivity index (χ2v) is 11.3. The van der Waals surface area contributed by atoms with Crippen molar-refractivity contribution in [1.82, 2.24) is 14.7 Å². The van der Waals surface area contributed by atoms with E-state index in [-0.39, 0.29) is 17.2 Å². The van der Waals surface area contributed by atoms with Crippen LogP contribution in [0, 0.1) is 12.7 Å². The Balaban J connectivity index is 1.53. The number of carbonyl (C=O) groups excluding carboxylic acids is 1. The van der Waals surface area contributed by atoms with E-state index in [1.54, 1.807) is 36.7 Å². The minimum atomic E-state index is -2.39. The molecule has 0 spiro atoms. The zero-order chi connectivity index (χ0) is 24.5. The van der Waals surface area contributed by atoms with E-state index in [0.29, 0.717) is 22.7 Å². The van der Waals surface area contributed by atoms with Crippen molar-refractivity contribution in [3.63, 3.8) is 0 Å². The Morgan fingerprint density at radius 2 is 2.03 bits per heavy atom. The van der Waals surface area contributed by atoms with Gasteiger partial charge in [0.15, 0.2) is 0 Å². The molecule has 0 radical (unpaired) electrons. The summed E-state index contributed by atoms with van der Waals surface area (Å²) in [5.74, 6) is 0.208. The van der Waals surface area contributed by atoms with Gasteiger partial charge in [0.2, 0.25) is 0 Å². The number of nitrogens with zero attached hydrogens (tertiary/aromatic N) is 2. The van der Waals surface area contributed by atoms with Crippen molar-refractivity contribution in [2.45, 2.75) is 37.4 Å². The topological polar surface area (TPSA) is 55.6 Å². The van der Waals surface area contributed by atoms with Crippen molar-refractivity contribution in [3.8, 4) is 22.8 Å². The Hall–Kier alpha value is -3.25. The van der Waals surface area contributed by atoms with E-state index in [0.717, 1.165) is 34.0 Å². The van der Waals surface area contributed by atoms with E-state index < -0.39 is 28.0 Å². The Labute approximate surface area is 207 Å². The Bertz CT molecular complexity index is 1400. The van der Waals surface area contributed by atoms with Gasteiger partial charge in [-0.2, -0.15) is 0 Å². The van der Waals surface area contributed by atoms with Gasteiger partial charge in [0.25, 0.3) is 0 Å². The summed E-state index contributed by atoms with van der Waals surface area (Å²) in [5.41, 5.74) is 3.62. The predicted molar refractivity (Wildman–Crippen MR) is 130 cm³/mol. The average Bonchev–Trinajstić information content (AvgIpc) is 3.52. The van der Waals surface area contributed by atoms with Crippen LogP contribution in [-0.2, 0) is 0 Å². The molecule has 1 N–H and O–H groups in total. The number of halogens is 3. The van der Waals surface area contributed by atoms with E-state index >= 15 is 0 Å². The van der Waals surface area contributed by atoms with Crippen LogP contribution in [-0.4, -0.2) is 43.5 Å². The summed E-state index contributed by atoms with van der Waals surface area (Å²) in [6.07, 6.45) is 3.06. The summed E-state index contributed by atoms with van der Waals surface area (Å²) in [6, 6.07) is 13.3. The first kappa shape index (κ1) is 23.5. The molecule has 0 bridgehead atoms. The van der Waals surface area contributed by atoms with Gasteiger partial charge in [-0.3, -0.25) is 0 Å². The fourth-order valence-electron chi connectivity index (χ4n) is 3.88. The SMILES string of the molecule is Cc1cc(-c2cnc3c([AsH]CC(F)F)cc(Oc4cccc(F)c4)cn23)ccc1C(=O)NC1CC1. The van der Waals surface area contributed by atoms with E-state index in [9.17, 15) is 18.0 Å². The van der Waals surface area contributed by atoms with Gasteiger partial charge in [-0.1, -0.05) is 0 Å². The molecule has 4 aromatic rings. The molecule has 2 aromatic heterocycles. The molecule has 0 saturated heterocycles. The summed E-state index contributed by atoms with van der Waals surface area (Å²) in [7, 11) is 0. The molecule has 1 saturated carbocycles. The third-order valence-electron chi connectivity index (χ3n) is 5.74. The van der Waals surface area contributed by atoms with Gasteiger partial charge in [-0.25, -0.2) is 0 Å². The molecular formula is C26H23AsF3N3O2. The van der Waals surface area contributed by atoms with Crippen LogP contribution in [0.5, 0.6) is 11.5 Å². The Kier molecular flexibility index (Phi) is 6.56. The number of rotatable bonds is 8. The van der Waals surface area contributed by atoms with Gasteiger partial charge in [0.1, 0.15) is 0 Å². The summed E-state index contributed by atoms with van der Waals surface area (Å²) in [6.45, 7) is 1.88. The maximum atomic E-state index is 13.6. The number of aryl methyl sites for hydroxylation is 1. The van der Waals surface area contributed by atoms with Crippen LogP contribution < -0.4 is 14.4 Å². The molecule has 2 heterocycles. The summed E-state index contributed by atoms with van der Waals surface area (Å²) >= 11 is -1.19. The third-order valence-corrected chi connectivity index (χ3v) is 8.39. The number of fused-ring (bicyclic) bond motifs is 1. The number of hydrogen-bond acceptors (Lipinski definition) is 3. The van der Waals surface area contributed by atoms with E-state index in [2.05, 4.69) is 10.3 Å². The number of carbonyl (C=O) groups is 1. The van der Waals surface area contributed by atoms with E-state index in [1.165, 1.54) is 12.1 Å². The van der Waals surface area contributed by atoms with Crippen molar-refractivity contribution >= 4 is 31.7 Å². The molecule has 1 amide bonds. The van der Waals surface area contributed by atoms with Gasteiger partial charge in [0.05, 0.1) is 0 Å². The first-order valence-electron chi connectivity index (χ1n) is 11.3. The molecular weight excluding hydrogens is 518 g/mol. The molecule has 0 aliphatic heterocycles. The minimum absolute atomic E-state index is 0.0832. The Morgan fingerprint density at radius 3 is 2.74 bits per heavy atom. The van der Waals surface area contributed by atoms with E-state index in [4.69, 9.17) is 4.74 Å². The molecule has 1 unspecified atom stereocenters. The zero-order valence-electron chi connectivity index (χ0n) is 18.9. The molecule has 9 heteroatoms. The van der Waals surface area contributed by atoms with Crippen molar-refractivity contribution < 1.29 is 22.7 Å². The number of aromatic nitrogens is 2. The number of amides is 1. The third kappa shape index (κ3) is 5.38. The fraction of sp³-hybridized carbons (Fsp3) is 0.231. The van der Waals surface area contributed by atoms with Gasteiger partial charge in [-0.05, 0) is 0 Å². The maximum absolute atomic E-state index is 13.6. The number of hydrogen-bond donors (Lipinski definition) is 1. The fourth-order valence-corrected chi connectivity index (χ4v) is 5.90. The standard InChI is InChI=1S/C26H23AsF3N3O2/c1-15-9-16(5-8-21(15)26(34)32-18-6-7-18)23-13-31-25-22(27-12-24(29)30)11-20(14-33(23)25)35-19-4-2-3-17(28)10-19/h2-5,8-11,13-14,18,24,27H,6-7,12H2,1H3,(H,32,34). The number of pyridine rings is 1. The van der Waals surface area contributed by atoms with Crippen LogP contribution in [0.3, 0.4) is 0 Å². The summed E-state index contributed by atoms with van der Waals surface area (Å²) < 4.78 is 48.1. The monoisotopic (exact) mass is 541 g/mol. The number of nitrogens with one attached hydrogen (secondary N) is 1. The zero-order valence-corrected chi connectivity index (χ0v) is 21.0. The number of imidazole rings is 1. The molecule has 1 atom stereocenters. The normalized spacial score (nSPS) is 13.7. The van der Waals surface area contributed by atoms with Crippen LogP contribution in [0.2, 0.25) is 5.21 Å². The molecule has 1 aliphatic carbocycles. The molecule has 2 aromatic carbocycles. The second kappa shape index (κ2) is 9.78. The van der Waals surface area contributed by atoms with Gasteiger partial charge in [-0.15, -0.1) is 0 Å². The average molecular weight is 541 g/mol. The van der Waals surface area contributed by atoms with Crippen LogP contribution in [0.4, 0.5) is 13.2 Å². The number of benzene rings is 2. The molecule has 180 valence electrons. The number of alkyl halides is 2. The quantitative estimate of drug-likeness (QED) is 0.324. The molecule has 35 heavy (non-hydrogen) atoms.